The van der Waals surface area contributed by atoms with Gasteiger partial charge in [0.1, 0.15) is 40.5 Å². The quantitative estimate of drug-likeness (QED) is 0.626. The Labute approximate surface area is 214 Å². The van der Waals surface area contributed by atoms with Gasteiger partial charge in [0, 0.05) is 39.3 Å². The second kappa shape index (κ2) is 9.53. The van der Waals surface area contributed by atoms with Crippen molar-refractivity contribution in [3.63, 3.8) is 0 Å². The molecule has 1 unspecified atom stereocenters. The number of hydrogen-bond donors (Lipinski definition) is 1. The van der Waals surface area contributed by atoms with Crippen molar-refractivity contribution in [3.05, 3.63) is 47.3 Å². The summed E-state index contributed by atoms with van der Waals surface area (Å²) < 4.78 is 27.1. The van der Waals surface area contributed by atoms with Crippen molar-refractivity contribution in [1.29, 1.82) is 0 Å². The molecule has 2 aromatic rings. The topological polar surface area (TPSA) is 78.4 Å². The predicted octanol–water partition coefficient (Wildman–Crippen LogP) is 3.45. The number of halogens is 2. The number of morpholine rings is 1. The molecule has 1 N–H and O–H groups in total. The lowest BCUT2D eigenvalue weighted by molar-refractivity contribution is -0.129. The van der Waals surface area contributed by atoms with Gasteiger partial charge >= 0.3 is 0 Å². The van der Waals surface area contributed by atoms with Crippen molar-refractivity contribution in [1.82, 2.24) is 14.8 Å². The highest BCUT2D eigenvalue weighted by molar-refractivity contribution is 6.35. The summed E-state index contributed by atoms with van der Waals surface area (Å²) in [7, 11) is 0. The molecule has 3 aliphatic rings. The molecule has 1 aromatic heterocycles. The van der Waals surface area contributed by atoms with Crippen LogP contribution in [0.15, 0.2) is 30.9 Å². The number of anilines is 1. The maximum atomic E-state index is 14.9. The number of hydrogen-bond acceptors (Lipinski definition) is 7. The Morgan fingerprint density at radius 1 is 1.33 bits per heavy atom. The van der Waals surface area contributed by atoms with Crippen LogP contribution in [-0.4, -0.2) is 83.4 Å². The van der Waals surface area contributed by atoms with Gasteiger partial charge in [0.25, 0.3) is 0 Å². The fourth-order valence-electron chi connectivity index (χ4n) is 5.20. The highest BCUT2D eigenvalue weighted by Crippen LogP contribution is 2.46. The lowest BCUT2D eigenvalue weighted by Crippen LogP contribution is -2.55. The van der Waals surface area contributed by atoms with Crippen LogP contribution in [0.3, 0.4) is 0 Å². The van der Waals surface area contributed by atoms with Crippen LogP contribution in [0.1, 0.15) is 19.4 Å². The minimum Gasteiger partial charge on any atom is -0.507 e. The Kier molecular flexibility index (Phi) is 6.57. The predicted molar refractivity (Wildman–Crippen MR) is 135 cm³/mol. The molecule has 0 spiro atoms. The van der Waals surface area contributed by atoms with Gasteiger partial charge in [-0.2, -0.15) is 0 Å². The van der Waals surface area contributed by atoms with Gasteiger partial charge in [0.2, 0.25) is 5.91 Å². The second-order valence-electron chi connectivity index (χ2n) is 9.99. The van der Waals surface area contributed by atoms with Crippen molar-refractivity contribution in [3.8, 4) is 22.8 Å². The van der Waals surface area contributed by atoms with E-state index >= 15 is 0 Å². The Balaban J connectivity index is 1.62. The monoisotopic (exact) mass is 516 g/mol. The van der Waals surface area contributed by atoms with Crippen LogP contribution in [0.25, 0.3) is 11.3 Å². The van der Waals surface area contributed by atoms with Gasteiger partial charge in [-0.05, 0) is 32.1 Å². The van der Waals surface area contributed by atoms with E-state index in [1.165, 1.54) is 24.3 Å². The fraction of sp³-hybridized carbons (Fsp3) is 0.462. The van der Waals surface area contributed by atoms with E-state index in [0.717, 1.165) is 5.56 Å². The second-order valence-corrected chi connectivity index (χ2v) is 10.4. The number of rotatable bonds is 3. The summed E-state index contributed by atoms with van der Waals surface area (Å²) in [6.45, 7) is 11.9. The van der Waals surface area contributed by atoms with Crippen molar-refractivity contribution >= 4 is 23.3 Å². The molecule has 0 radical (unpaired) electrons. The first-order valence-electron chi connectivity index (χ1n) is 12.1. The van der Waals surface area contributed by atoms with Crippen molar-refractivity contribution in [2.75, 3.05) is 50.8 Å². The van der Waals surface area contributed by atoms with Gasteiger partial charge in [-0.15, -0.1) is 0 Å². The highest BCUT2D eigenvalue weighted by Gasteiger charge is 2.37. The maximum absolute atomic E-state index is 14.9. The molecule has 4 heterocycles. The summed E-state index contributed by atoms with van der Waals surface area (Å²) in [5.41, 5.74) is 0.474. The number of pyridine rings is 1. The first-order chi connectivity index (χ1) is 17.2. The number of carbonyl (C=O) groups is 1. The minimum absolute atomic E-state index is 0.0505. The molecule has 1 atom stereocenters. The highest BCUT2D eigenvalue weighted by atomic mass is 35.5. The van der Waals surface area contributed by atoms with Gasteiger partial charge in [-0.25, -0.2) is 9.37 Å². The Hall–Kier alpha value is -2.88. The SMILES string of the molecule is C=CC(=O)N1CCN2Cc3c(N4CCOC(C)(C)C4)nc(-c4c(O)cccc4F)c(Cl)c3OCC2C1. The third kappa shape index (κ3) is 4.51. The molecule has 10 heteroatoms. The Morgan fingerprint density at radius 2 is 2.14 bits per heavy atom. The van der Waals surface area contributed by atoms with E-state index in [1.54, 1.807) is 4.90 Å². The number of amides is 1. The largest absolute Gasteiger partial charge is 0.507 e. The molecule has 2 fully saturated rings. The zero-order chi connectivity index (χ0) is 25.6. The van der Waals surface area contributed by atoms with Crippen LogP contribution < -0.4 is 9.64 Å². The van der Waals surface area contributed by atoms with Crippen molar-refractivity contribution in [2.24, 2.45) is 0 Å². The Bertz CT molecular complexity index is 1190. The van der Waals surface area contributed by atoms with E-state index in [0.29, 0.717) is 64.0 Å². The smallest absolute Gasteiger partial charge is 0.246 e. The van der Waals surface area contributed by atoms with Crippen LogP contribution in [0.2, 0.25) is 5.02 Å². The average molecular weight is 517 g/mol. The Morgan fingerprint density at radius 3 is 2.86 bits per heavy atom. The van der Waals surface area contributed by atoms with E-state index in [2.05, 4.69) is 16.4 Å². The van der Waals surface area contributed by atoms with Crippen LogP contribution in [0.5, 0.6) is 11.5 Å². The number of phenols is 1. The third-order valence-corrected chi connectivity index (χ3v) is 7.35. The van der Waals surface area contributed by atoms with E-state index in [1.807, 2.05) is 13.8 Å². The van der Waals surface area contributed by atoms with Crippen LogP contribution in [0.4, 0.5) is 10.2 Å². The first-order valence-corrected chi connectivity index (χ1v) is 12.4. The molecular weight excluding hydrogens is 487 g/mol. The van der Waals surface area contributed by atoms with Crippen LogP contribution in [-0.2, 0) is 16.1 Å². The van der Waals surface area contributed by atoms with Gasteiger partial charge in [-0.3, -0.25) is 9.69 Å². The summed E-state index contributed by atoms with van der Waals surface area (Å²) in [6.07, 6.45) is 1.33. The molecule has 0 saturated carbocycles. The molecule has 1 amide bonds. The molecule has 1 aromatic carbocycles. The molecule has 3 aliphatic heterocycles. The molecule has 8 nitrogen and oxygen atoms in total. The number of benzene rings is 1. The van der Waals surface area contributed by atoms with Gasteiger partial charge < -0.3 is 24.4 Å². The summed E-state index contributed by atoms with van der Waals surface area (Å²) in [5.74, 6) is 0.0856. The molecule has 0 bridgehead atoms. The minimum atomic E-state index is -0.623. The zero-order valence-electron chi connectivity index (χ0n) is 20.5. The standard InChI is InChI=1S/C26H30ClFN4O4/c1-4-20(34)31-9-8-30-13-17-24(35-14-16(30)12-31)22(27)23(21-18(28)6-5-7-19(21)33)29-25(17)32-10-11-36-26(2,3)15-32/h4-7,16,33H,1,8-15H2,2-3H3. The summed E-state index contributed by atoms with van der Waals surface area (Å²) in [4.78, 5) is 23.2. The lowest BCUT2D eigenvalue weighted by Gasteiger charge is -2.41. The van der Waals surface area contributed by atoms with Crippen molar-refractivity contribution < 1.29 is 23.8 Å². The molecule has 2 saturated heterocycles. The number of carbonyl (C=O) groups excluding carboxylic acids is 1. The lowest BCUT2D eigenvalue weighted by atomic mass is 10.0. The number of aromatic hydroxyl groups is 1. The number of ether oxygens (including phenoxy) is 2. The number of phenolic OH excluding ortho intramolecular Hbond substituents is 1. The average Bonchev–Trinajstić information content (AvgIpc) is 3.03. The van der Waals surface area contributed by atoms with Crippen LogP contribution >= 0.6 is 11.6 Å². The fourth-order valence-corrected chi connectivity index (χ4v) is 5.51. The maximum Gasteiger partial charge on any atom is 0.246 e. The number of piperazine rings is 1. The van der Waals surface area contributed by atoms with Gasteiger partial charge in [-0.1, -0.05) is 24.2 Å². The summed E-state index contributed by atoms with van der Waals surface area (Å²) in [6, 6.07) is 4.06. The third-order valence-electron chi connectivity index (χ3n) is 6.99. The van der Waals surface area contributed by atoms with E-state index in [9.17, 15) is 14.3 Å². The van der Waals surface area contributed by atoms with Crippen molar-refractivity contribution in [2.45, 2.75) is 32.0 Å². The van der Waals surface area contributed by atoms with Gasteiger partial charge in [0.15, 0.2) is 0 Å². The molecular formula is C26H30ClFN4O4. The molecule has 0 aliphatic carbocycles. The zero-order valence-corrected chi connectivity index (χ0v) is 21.2. The number of fused-ring (bicyclic) bond motifs is 2. The first kappa shape index (κ1) is 24.8. The normalized spacial score (nSPS) is 21.7. The van der Waals surface area contributed by atoms with E-state index in [4.69, 9.17) is 26.1 Å². The summed E-state index contributed by atoms with van der Waals surface area (Å²) in [5, 5.41) is 10.7. The van der Waals surface area contributed by atoms with Gasteiger partial charge in [0.05, 0.1) is 29.4 Å². The molecule has 5 rings (SSSR count). The molecule has 36 heavy (non-hydrogen) atoms. The molecule has 192 valence electrons. The van der Waals surface area contributed by atoms with E-state index < -0.39 is 11.4 Å². The number of nitrogens with zero attached hydrogens (tertiary/aromatic N) is 4. The number of aromatic nitrogens is 1. The summed E-state index contributed by atoms with van der Waals surface area (Å²) >= 11 is 6.84. The van der Waals surface area contributed by atoms with Crippen LogP contribution in [0, 0.1) is 5.82 Å². The van der Waals surface area contributed by atoms with E-state index in [-0.39, 0.29) is 34.0 Å².